The van der Waals surface area contributed by atoms with E-state index in [1.807, 2.05) is 4.72 Å². The Morgan fingerprint density at radius 3 is 2.27 bits per heavy atom. The van der Waals surface area contributed by atoms with Gasteiger partial charge in [-0.3, -0.25) is 4.72 Å². The number of carbonyl (C=O) groups excluding carboxylic acids is 1. The van der Waals surface area contributed by atoms with Crippen LogP contribution in [0, 0.1) is 11.6 Å². The first-order valence-electron chi connectivity index (χ1n) is 6.00. The number of ether oxygens (including phenoxy) is 1. The summed E-state index contributed by atoms with van der Waals surface area (Å²) >= 11 is 0. The summed E-state index contributed by atoms with van der Waals surface area (Å²) in [5, 5.41) is 0. The van der Waals surface area contributed by atoms with Gasteiger partial charge >= 0.3 is 5.97 Å². The minimum atomic E-state index is -4.48. The molecule has 0 radical (unpaired) electrons. The summed E-state index contributed by atoms with van der Waals surface area (Å²) in [7, 11) is -3.30. The SMILES string of the molecule is COC(=O)c1cccc(NS(=O)(=O)c2c(F)cccc2F)c1. The van der Waals surface area contributed by atoms with E-state index in [2.05, 4.69) is 4.74 Å². The maximum Gasteiger partial charge on any atom is 0.337 e. The van der Waals surface area contributed by atoms with Crippen LogP contribution in [0.1, 0.15) is 10.4 Å². The molecule has 8 heteroatoms. The molecule has 2 rings (SSSR count). The fourth-order valence-corrected chi connectivity index (χ4v) is 2.96. The first-order chi connectivity index (χ1) is 10.3. The van der Waals surface area contributed by atoms with Gasteiger partial charge in [-0.05, 0) is 30.3 Å². The fourth-order valence-electron chi connectivity index (χ4n) is 1.77. The zero-order chi connectivity index (χ0) is 16.3. The summed E-state index contributed by atoms with van der Waals surface area (Å²) in [4.78, 5) is 10.3. The molecule has 1 N–H and O–H groups in total. The number of hydrogen-bond acceptors (Lipinski definition) is 4. The van der Waals surface area contributed by atoms with Gasteiger partial charge < -0.3 is 4.74 Å². The van der Waals surface area contributed by atoms with E-state index < -0.39 is 32.5 Å². The Morgan fingerprint density at radius 1 is 1.09 bits per heavy atom. The van der Waals surface area contributed by atoms with Crippen molar-refractivity contribution < 1.29 is 26.7 Å². The lowest BCUT2D eigenvalue weighted by molar-refractivity contribution is 0.0600. The van der Waals surface area contributed by atoms with Crippen molar-refractivity contribution in [3.8, 4) is 0 Å². The maximum atomic E-state index is 13.6. The standard InChI is InChI=1S/C14H11F2NO4S/c1-21-14(18)9-4-2-5-10(8-9)17-22(19,20)13-11(15)6-3-7-12(13)16/h2-8,17H,1H3. The molecule has 2 aromatic rings. The van der Waals surface area contributed by atoms with Crippen LogP contribution in [0.5, 0.6) is 0 Å². The number of methoxy groups -OCH3 is 1. The summed E-state index contributed by atoms with van der Waals surface area (Å²) in [6.07, 6.45) is 0. The highest BCUT2D eigenvalue weighted by molar-refractivity contribution is 7.92. The van der Waals surface area contributed by atoms with Crippen LogP contribution in [0.4, 0.5) is 14.5 Å². The second kappa shape index (κ2) is 6.10. The molecule has 5 nitrogen and oxygen atoms in total. The predicted molar refractivity (Wildman–Crippen MR) is 74.9 cm³/mol. The third-order valence-electron chi connectivity index (χ3n) is 2.72. The van der Waals surface area contributed by atoms with Crippen LogP contribution in [-0.4, -0.2) is 21.5 Å². The molecule has 0 atom stereocenters. The molecule has 0 fully saturated rings. The van der Waals surface area contributed by atoms with Gasteiger partial charge in [-0.25, -0.2) is 22.0 Å². The summed E-state index contributed by atoms with van der Waals surface area (Å²) < 4.78 is 57.9. The average molecular weight is 327 g/mol. The van der Waals surface area contributed by atoms with E-state index in [1.54, 1.807) is 0 Å². The zero-order valence-electron chi connectivity index (χ0n) is 11.3. The molecular weight excluding hydrogens is 316 g/mol. The number of esters is 1. The highest BCUT2D eigenvalue weighted by Gasteiger charge is 2.24. The Balaban J connectivity index is 2.40. The highest BCUT2D eigenvalue weighted by atomic mass is 32.2. The number of rotatable bonds is 4. The van der Waals surface area contributed by atoms with E-state index in [-0.39, 0.29) is 11.3 Å². The number of hydrogen-bond donors (Lipinski definition) is 1. The average Bonchev–Trinajstić information content (AvgIpc) is 2.45. The van der Waals surface area contributed by atoms with Crippen LogP contribution in [0.25, 0.3) is 0 Å². The van der Waals surface area contributed by atoms with Crippen molar-refractivity contribution in [2.45, 2.75) is 4.90 Å². The Morgan fingerprint density at radius 2 is 1.68 bits per heavy atom. The van der Waals surface area contributed by atoms with Crippen LogP contribution in [0.2, 0.25) is 0 Å². The highest BCUT2D eigenvalue weighted by Crippen LogP contribution is 2.22. The van der Waals surface area contributed by atoms with Crippen molar-refractivity contribution >= 4 is 21.7 Å². The van der Waals surface area contributed by atoms with E-state index in [9.17, 15) is 22.0 Å². The van der Waals surface area contributed by atoms with Gasteiger partial charge in [0.25, 0.3) is 10.0 Å². The quantitative estimate of drug-likeness (QED) is 0.876. The number of halogens is 2. The fraction of sp³-hybridized carbons (Fsp3) is 0.0714. The van der Waals surface area contributed by atoms with Gasteiger partial charge in [0.05, 0.1) is 12.7 Å². The largest absolute Gasteiger partial charge is 0.465 e. The van der Waals surface area contributed by atoms with E-state index in [4.69, 9.17) is 0 Å². The molecule has 2 aromatic carbocycles. The second-order valence-corrected chi connectivity index (χ2v) is 5.85. The van der Waals surface area contributed by atoms with Gasteiger partial charge in [0.15, 0.2) is 4.90 Å². The zero-order valence-corrected chi connectivity index (χ0v) is 12.2. The van der Waals surface area contributed by atoms with Crippen molar-refractivity contribution in [2.75, 3.05) is 11.8 Å². The smallest absolute Gasteiger partial charge is 0.337 e. The molecular formula is C14H11F2NO4S. The lowest BCUT2D eigenvalue weighted by Gasteiger charge is -2.10. The van der Waals surface area contributed by atoms with Gasteiger partial charge in [-0.1, -0.05) is 12.1 Å². The summed E-state index contributed by atoms with van der Waals surface area (Å²) in [5.74, 6) is -3.09. The first-order valence-corrected chi connectivity index (χ1v) is 7.48. The monoisotopic (exact) mass is 327 g/mol. The van der Waals surface area contributed by atoms with E-state index >= 15 is 0 Å². The number of benzene rings is 2. The summed E-state index contributed by atoms with van der Waals surface area (Å²) in [5.41, 5.74) is 0.0715. The number of sulfonamides is 1. The van der Waals surface area contributed by atoms with E-state index in [1.165, 1.54) is 31.4 Å². The lowest BCUT2D eigenvalue weighted by Crippen LogP contribution is -2.16. The molecule has 0 aliphatic carbocycles. The topological polar surface area (TPSA) is 72.5 Å². The molecule has 0 aromatic heterocycles. The van der Waals surface area contributed by atoms with Gasteiger partial charge in [0.1, 0.15) is 11.6 Å². The van der Waals surface area contributed by atoms with Crippen LogP contribution in [0.15, 0.2) is 47.4 Å². The molecule has 0 bridgehead atoms. The van der Waals surface area contributed by atoms with Crippen LogP contribution in [-0.2, 0) is 14.8 Å². The van der Waals surface area contributed by atoms with Crippen molar-refractivity contribution in [3.05, 3.63) is 59.7 Å². The minimum Gasteiger partial charge on any atom is -0.465 e. The maximum absolute atomic E-state index is 13.6. The van der Waals surface area contributed by atoms with Crippen molar-refractivity contribution in [1.29, 1.82) is 0 Å². The van der Waals surface area contributed by atoms with Gasteiger partial charge in [-0.2, -0.15) is 0 Å². The molecule has 0 aliphatic heterocycles. The predicted octanol–water partition coefficient (Wildman–Crippen LogP) is 2.55. The lowest BCUT2D eigenvalue weighted by atomic mass is 10.2. The van der Waals surface area contributed by atoms with Gasteiger partial charge in [0, 0.05) is 5.69 Å². The van der Waals surface area contributed by atoms with Crippen molar-refractivity contribution in [3.63, 3.8) is 0 Å². The third kappa shape index (κ3) is 3.22. The van der Waals surface area contributed by atoms with Crippen LogP contribution >= 0.6 is 0 Å². The molecule has 0 heterocycles. The van der Waals surface area contributed by atoms with Crippen molar-refractivity contribution in [2.24, 2.45) is 0 Å². The Kier molecular flexibility index (Phi) is 4.41. The molecule has 0 saturated carbocycles. The molecule has 0 aliphatic rings. The number of nitrogens with one attached hydrogen (secondary N) is 1. The first kappa shape index (κ1) is 15.9. The number of carbonyl (C=O) groups is 1. The van der Waals surface area contributed by atoms with Crippen molar-refractivity contribution in [1.82, 2.24) is 0 Å². The second-order valence-electron chi connectivity index (χ2n) is 4.23. The number of anilines is 1. The van der Waals surface area contributed by atoms with Gasteiger partial charge in [0.2, 0.25) is 0 Å². The van der Waals surface area contributed by atoms with E-state index in [0.717, 1.165) is 18.2 Å². The molecule has 0 spiro atoms. The Hall–Kier alpha value is -2.48. The van der Waals surface area contributed by atoms with E-state index in [0.29, 0.717) is 0 Å². The molecule has 22 heavy (non-hydrogen) atoms. The third-order valence-corrected chi connectivity index (χ3v) is 4.16. The molecule has 116 valence electrons. The Labute approximate surface area is 125 Å². The molecule has 0 amide bonds. The molecule has 0 saturated heterocycles. The Bertz CT molecular complexity index is 801. The van der Waals surface area contributed by atoms with Crippen LogP contribution in [0.3, 0.4) is 0 Å². The summed E-state index contributed by atoms with van der Waals surface area (Å²) in [6, 6.07) is 8.08. The molecule has 0 unspecified atom stereocenters. The normalized spacial score (nSPS) is 11.0. The van der Waals surface area contributed by atoms with Gasteiger partial charge in [-0.15, -0.1) is 0 Å². The summed E-state index contributed by atoms with van der Waals surface area (Å²) in [6.45, 7) is 0. The van der Waals surface area contributed by atoms with Crippen LogP contribution < -0.4 is 4.72 Å². The minimum absolute atomic E-state index is 0.0226.